The highest BCUT2D eigenvalue weighted by molar-refractivity contribution is 5.05. The summed E-state index contributed by atoms with van der Waals surface area (Å²) in [5.41, 5.74) is 1.28. The molecular formula is C14H22N2O. The number of hydrogen-bond acceptors (Lipinski definition) is 3. The van der Waals surface area contributed by atoms with Crippen LogP contribution in [0.25, 0.3) is 0 Å². The Kier molecular flexibility index (Phi) is 3.79. The number of piperidine rings is 1. The fourth-order valence-corrected chi connectivity index (χ4v) is 2.71. The SMILES string of the molecule is CC1(C)CC(CO)CCN1Cc1ccccn1. The zero-order valence-corrected chi connectivity index (χ0v) is 10.8. The molecular weight excluding hydrogens is 212 g/mol. The summed E-state index contributed by atoms with van der Waals surface area (Å²) in [5.74, 6) is 0.463. The van der Waals surface area contributed by atoms with Crippen molar-refractivity contribution in [3.8, 4) is 0 Å². The summed E-state index contributed by atoms with van der Waals surface area (Å²) in [6.07, 6.45) is 4.01. The Labute approximate surface area is 103 Å². The largest absolute Gasteiger partial charge is 0.396 e. The molecule has 0 radical (unpaired) electrons. The highest BCUT2D eigenvalue weighted by Crippen LogP contribution is 2.32. The van der Waals surface area contributed by atoms with Crippen LogP contribution in [0.5, 0.6) is 0 Å². The molecule has 1 atom stereocenters. The molecule has 0 aliphatic carbocycles. The molecule has 17 heavy (non-hydrogen) atoms. The molecule has 1 saturated heterocycles. The van der Waals surface area contributed by atoms with Crippen LogP contribution in [0.2, 0.25) is 0 Å². The second kappa shape index (κ2) is 5.15. The molecule has 1 aliphatic rings. The first kappa shape index (κ1) is 12.5. The lowest BCUT2D eigenvalue weighted by Gasteiger charge is -2.45. The first-order valence-corrected chi connectivity index (χ1v) is 6.37. The smallest absolute Gasteiger partial charge is 0.0544 e. The van der Waals surface area contributed by atoms with Gasteiger partial charge >= 0.3 is 0 Å². The van der Waals surface area contributed by atoms with Crippen LogP contribution >= 0.6 is 0 Å². The molecule has 1 aromatic heterocycles. The van der Waals surface area contributed by atoms with Crippen molar-refractivity contribution in [2.75, 3.05) is 13.2 Å². The standard InChI is InChI=1S/C14H22N2O/c1-14(2)9-12(11-17)6-8-16(14)10-13-5-3-4-7-15-13/h3-5,7,12,17H,6,8-11H2,1-2H3. The van der Waals surface area contributed by atoms with Crippen LogP contribution in [0.15, 0.2) is 24.4 Å². The average molecular weight is 234 g/mol. The van der Waals surface area contributed by atoms with Crippen molar-refractivity contribution >= 4 is 0 Å². The molecule has 0 amide bonds. The number of rotatable bonds is 3. The maximum atomic E-state index is 9.27. The minimum absolute atomic E-state index is 0.156. The van der Waals surface area contributed by atoms with E-state index in [1.165, 1.54) is 0 Å². The van der Waals surface area contributed by atoms with Crippen LogP contribution in [0, 0.1) is 5.92 Å². The topological polar surface area (TPSA) is 36.4 Å². The minimum atomic E-state index is 0.156. The van der Waals surface area contributed by atoms with Crippen LogP contribution in [0.3, 0.4) is 0 Å². The molecule has 0 aromatic carbocycles. The van der Waals surface area contributed by atoms with E-state index < -0.39 is 0 Å². The molecule has 3 nitrogen and oxygen atoms in total. The lowest BCUT2D eigenvalue weighted by Crippen LogP contribution is -2.50. The lowest BCUT2D eigenvalue weighted by atomic mass is 9.83. The summed E-state index contributed by atoms with van der Waals surface area (Å²) in [4.78, 5) is 6.86. The van der Waals surface area contributed by atoms with Crippen LogP contribution in [0.4, 0.5) is 0 Å². The van der Waals surface area contributed by atoms with E-state index in [0.29, 0.717) is 12.5 Å². The quantitative estimate of drug-likeness (QED) is 0.869. The third kappa shape index (κ3) is 3.05. The maximum absolute atomic E-state index is 9.27. The molecule has 2 rings (SSSR count). The summed E-state index contributed by atoms with van der Waals surface area (Å²) >= 11 is 0. The highest BCUT2D eigenvalue weighted by Gasteiger charge is 2.34. The molecule has 1 unspecified atom stereocenters. The zero-order chi connectivity index (χ0) is 12.3. The predicted molar refractivity (Wildman–Crippen MR) is 68.5 cm³/mol. The maximum Gasteiger partial charge on any atom is 0.0544 e. The molecule has 0 saturated carbocycles. The fraction of sp³-hybridized carbons (Fsp3) is 0.643. The van der Waals surface area contributed by atoms with Crippen molar-refractivity contribution in [2.24, 2.45) is 5.92 Å². The average Bonchev–Trinajstić information content (AvgIpc) is 2.33. The number of hydrogen-bond donors (Lipinski definition) is 1. The molecule has 0 bridgehead atoms. The van der Waals surface area contributed by atoms with Gasteiger partial charge in [-0.3, -0.25) is 9.88 Å². The van der Waals surface area contributed by atoms with E-state index >= 15 is 0 Å². The number of likely N-dealkylation sites (tertiary alicyclic amines) is 1. The van der Waals surface area contributed by atoms with Crippen molar-refractivity contribution < 1.29 is 5.11 Å². The van der Waals surface area contributed by atoms with E-state index in [0.717, 1.165) is 31.6 Å². The monoisotopic (exact) mass is 234 g/mol. The summed E-state index contributed by atoms with van der Waals surface area (Å²) in [5, 5.41) is 9.27. The first-order valence-electron chi connectivity index (χ1n) is 6.37. The molecule has 2 heterocycles. The molecule has 94 valence electrons. The third-order valence-electron chi connectivity index (χ3n) is 3.79. The van der Waals surface area contributed by atoms with Gasteiger partial charge in [-0.15, -0.1) is 0 Å². The summed E-state index contributed by atoms with van der Waals surface area (Å²) in [6, 6.07) is 6.07. The molecule has 0 spiro atoms. The van der Waals surface area contributed by atoms with Crippen molar-refractivity contribution in [3.63, 3.8) is 0 Å². The lowest BCUT2D eigenvalue weighted by molar-refractivity contribution is 0.0208. The molecule has 1 aromatic rings. The third-order valence-corrected chi connectivity index (χ3v) is 3.79. The van der Waals surface area contributed by atoms with Crippen molar-refractivity contribution in [1.29, 1.82) is 0 Å². The Morgan fingerprint density at radius 1 is 1.47 bits per heavy atom. The number of pyridine rings is 1. The molecule has 1 aliphatic heterocycles. The summed E-state index contributed by atoms with van der Waals surface area (Å²) < 4.78 is 0. The Morgan fingerprint density at radius 2 is 2.29 bits per heavy atom. The van der Waals surface area contributed by atoms with E-state index in [2.05, 4.69) is 29.8 Å². The van der Waals surface area contributed by atoms with E-state index in [1.54, 1.807) is 0 Å². The summed E-state index contributed by atoms with van der Waals surface area (Å²) in [7, 11) is 0. The Bertz CT molecular complexity index is 350. The minimum Gasteiger partial charge on any atom is -0.396 e. The van der Waals surface area contributed by atoms with E-state index in [1.807, 2.05) is 18.3 Å². The van der Waals surface area contributed by atoms with Gasteiger partial charge in [-0.2, -0.15) is 0 Å². The van der Waals surface area contributed by atoms with Gasteiger partial charge in [-0.1, -0.05) is 6.07 Å². The second-order valence-electron chi connectivity index (χ2n) is 5.60. The van der Waals surface area contributed by atoms with Crippen molar-refractivity contribution in [1.82, 2.24) is 9.88 Å². The predicted octanol–water partition coefficient (Wildman–Crippen LogP) is 2.06. The van der Waals surface area contributed by atoms with Gasteiger partial charge in [0.05, 0.1) is 5.69 Å². The number of aromatic nitrogens is 1. The summed E-state index contributed by atoms with van der Waals surface area (Å²) in [6.45, 7) is 6.80. The normalized spacial score (nSPS) is 24.8. The van der Waals surface area contributed by atoms with Gasteiger partial charge in [0, 0.05) is 24.9 Å². The van der Waals surface area contributed by atoms with Crippen LogP contribution in [0.1, 0.15) is 32.4 Å². The van der Waals surface area contributed by atoms with E-state index in [4.69, 9.17) is 0 Å². The van der Waals surface area contributed by atoms with Crippen LogP contribution in [-0.4, -0.2) is 33.7 Å². The van der Waals surface area contributed by atoms with E-state index in [9.17, 15) is 5.11 Å². The van der Waals surface area contributed by atoms with Gasteiger partial charge in [0.25, 0.3) is 0 Å². The fourth-order valence-electron chi connectivity index (χ4n) is 2.71. The van der Waals surface area contributed by atoms with Crippen molar-refractivity contribution in [3.05, 3.63) is 30.1 Å². The van der Waals surface area contributed by atoms with Gasteiger partial charge in [0.15, 0.2) is 0 Å². The number of aliphatic hydroxyl groups excluding tert-OH is 1. The molecule has 3 heteroatoms. The Balaban J connectivity index is 2.02. The number of aliphatic hydroxyl groups is 1. The van der Waals surface area contributed by atoms with Gasteiger partial charge in [-0.25, -0.2) is 0 Å². The Morgan fingerprint density at radius 3 is 2.88 bits per heavy atom. The van der Waals surface area contributed by atoms with Gasteiger partial charge in [-0.05, 0) is 51.3 Å². The Hall–Kier alpha value is -0.930. The van der Waals surface area contributed by atoms with Crippen LogP contribution in [-0.2, 0) is 6.54 Å². The first-order chi connectivity index (χ1) is 8.12. The molecule has 1 fully saturated rings. The number of nitrogens with zero attached hydrogens (tertiary/aromatic N) is 2. The second-order valence-corrected chi connectivity index (χ2v) is 5.60. The van der Waals surface area contributed by atoms with Gasteiger partial charge < -0.3 is 5.11 Å². The van der Waals surface area contributed by atoms with Gasteiger partial charge in [0.2, 0.25) is 0 Å². The van der Waals surface area contributed by atoms with Crippen LogP contribution < -0.4 is 0 Å². The van der Waals surface area contributed by atoms with E-state index in [-0.39, 0.29) is 5.54 Å². The van der Waals surface area contributed by atoms with Crippen molar-refractivity contribution in [2.45, 2.75) is 38.8 Å². The zero-order valence-electron chi connectivity index (χ0n) is 10.8. The highest BCUT2D eigenvalue weighted by atomic mass is 16.3. The van der Waals surface area contributed by atoms with Gasteiger partial charge in [0.1, 0.15) is 0 Å². The molecule has 1 N–H and O–H groups in total.